The Balaban J connectivity index is 2.08. The fraction of sp³-hybridized carbons (Fsp3) is 0.625. The molecule has 2 heteroatoms. The van der Waals surface area contributed by atoms with Gasteiger partial charge in [0.1, 0.15) is 0 Å². The Kier molecular flexibility index (Phi) is 9.05. The van der Waals surface area contributed by atoms with E-state index >= 15 is 0 Å². The number of benzene rings is 1. The number of thioether (sulfide) groups is 1. The Morgan fingerprint density at radius 1 is 0.944 bits per heavy atom. The van der Waals surface area contributed by atoms with Gasteiger partial charge in [-0.15, -0.1) is 11.8 Å². The quantitative estimate of drug-likeness (QED) is 0.479. The lowest BCUT2D eigenvalue weighted by atomic mass is 10.1. The highest BCUT2D eigenvalue weighted by Gasteiger charge is 1.96. The molecule has 0 fully saturated rings. The second-order valence-electron chi connectivity index (χ2n) is 4.79. The molecule has 0 bridgehead atoms. The summed E-state index contributed by atoms with van der Waals surface area (Å²) in [7, 11) is 1.99. The SMILES string of the molecule is CCCCCCCCSc1ccc(CNC)cc1. The number of hydrogen-bond donors (Lipinski definition) is 1. The van der Waals surface area contributed by atoms with Crippen LogP contribution in [0.5, 0.6) is 0 Å². The predicted octanol–water partition coefficient (Wildman–Crippen LogP) is 4.86. The largest absolute Gasteiger partial charge is 0.316 e. The van der Waals surface area contributed by atoms with Gasteiger partial charge in [0, 0.05) is 11.4 Å². The maximum atomic E-state index is 3.17. The molecule has 0 saturated carbocycles. The molecule has 1 nitrogen and oxygen atoms in total. The Morgan fingerprint density at radius 3 is 2.28 bits per heavy atom. The number of nitrogens with one attached hydrogen (secondary N) is 1. The second kappa shape index (κ2) is 10.5. The molecule has 0 aromatic heterocycles. The van der Waals surface area contributed by atoms with Gasteiger partial charge in [-0.25, -0.2) is 0 Å². The fourth-order valence-electron chi connectivity index (χ4n) is 1.98. The summed E-state index contributed by atoms with van der Waals surface area (Å²) in [5, 5.41) is 3.17. The Bertz CT molecular complexity index is 294. The highest BCUT2D eigenvalue weighted by molar-refractivity contribution is 7.99. The lowest BCUT2D eigenvalue weighted by Crippen LogP contribution is -2.04. The first-order chi connectivity index (χ1) is 8.86. The average Bonchev–Trinajstić information content (AvgIpc) is 2.40. The summed E-state index contributed by atoms with van der Waals surface area (Å²) >= 11 is 1.99. The van der Waals surface area contributed by atoms with Crippen LogP contribution in [0.4, 0.5) is 0 Å². The molecule has 0 spiro atoms. The summed E-state index contributed by atoms with van der Waals surface area (Å²) in [6.07, 6.45) is 8.32. The molecule has 0 amide bonds. The van der Waals surface area contributed by atoms with E-state index in [2.05, 4.69) is 36.5 Å². The van der Waals surface area contributed by atoms with Crippen molar-refractivity contribution in [1.29, 1.82) is 0 Å². The first-order valence-electron chi connectivity index (χ1n) is 7.23. The average molecular weight is 265 g/mol. The van der Waals surface area contributed by atoms with Gasteiger partial charge < -0.3 is 5.32 Å². The minimum atomic E-state index is 0.961. The lowest BCUT2D eigenvalue weighted by Gasteiger charge is -2.04. The first-order valence-corrected chi connectivity index (χ1v) is 8.21. The number of unbranched alkanes of at least 4 members (excludes halogenated alkanes) is 5. The van der Waals surface area contributed by atoms with Crippen LogP contribution in [0.1, 0.15) is 51.0 Å². The van der Waals surface area contributed by atoms with E-state index in [1.165, 1.54) is 54.7 Å². The summed E-state index contributed by atoms with van der Waals surface area (Å²) in [6.45, 7) is 3.23. The summed E-state index contributed by atoms with van der Waals surface area (Å²) in [6, 6.07) is 8.93. The van der Waals surface area contributed by atoms with Crippen molar-refractivity contribution in [2.45, 2.75) is 56.9 Å². The first kappa shape index (κ1) is 15.6. The third kappa shape index (κ3) is 7.07. The van der Waals surface area contributed by atoms with Crippen molar-refractivity contribution in [2.24, 2.45) is 0 Å². The molecular formula is C16H27NS. The molecule has 18 heavy (non-hydrogen) atoms. The van der Waals surface area contributed by atoms with E-state index in [0.717, 1.165) is 6.54 Å². The summed E-state index contributed by atoms with van der Waals surface area (Å²) in [5.41, 5.74) is 1.36. The van der Waals surface area contributed by atoms with Crippen molar-refractivity contribution >= 4 is 11.8 Å². The van der Waals surface area contributed by atoms with Crippen molar-refractivity contribution < 1.29 is 0 Å². The van der Waals surface area contributed by atoms with E-state index in [1.54, 1.807) is 0 Å². The highest BCUT2D eigenvalue weighted by atomic mass is 32.2. The molecule has 1 rings (SSSR count). The molecule has 0 radical (unpaired) electrons. The smallest absolute Gasteiger partial charge is 0.0202 e. The Morgan fingerprint density at radius 2 is 1.61 bits per heavy atom. The monoisotopic (exact) mass is 265 g/mol. The summed E-state index contributed by atoms with van der Waals surface area (Å²) < 4.78 is 0. The molecule has 1 aromatic rings. The van der Waals surface area contributed by atoms with Crippen LogP contribution in [0, 0.1) is 0 Å². The van der Waals surface area contributed by atoms with Crippen LogP contribution in [0.2, 0.25) is 0 Å². The van der Waals surface area contributed by atoms with Crippen LogP contribution < -0.4 is 5.32 Å². The van der Waals surface area contributed by atoms with Gasteiger partial charge in [-0.3, -0.25) is 0 Å². The lowest BCUT2D eigenvalue weighted by molar-refractivity contribution is 0.627. The summed E-state index contributed by atoms with van der Waals surface area (Å²) in [5.74, 6) is 1.26. The van der Waals surface area contributed by atoms with Crippen LogP contribution in [0.3, 0.4) is 0 Å². The number of rotatable bonds is 10. The second-order valence-corrected chi connectivity index (χ2v) is 5.96. The zero-order chi connectivity index (χ0) is 13.1. The van der Waals surface area contributed by atoms with E-state index in [1.807, 2.05) is 18.8 Å². The van der Waals surface area contributed by atoms with Gasteiger partial charge >= 0.3 is 0 Å². The zero-order valence-corrected chi connectivity index (χ0v) is 12.7. The van der Waals surface area contributed by atoms with Gasteiger partial charge in [0.2, 0.25) is 0 Å². The molecule has 1 aromatic carbocycles. The van der Waals surface area contributed by atoms with Crippen molar-refractivity contribution in [2.75, 3.05) is 12.8 Å². The van der Waals surface area contributed by atoms with Crippen LogP contribution in [0.25, 0.3) is 0 Å². The van der Waals surface area contributed by atoms with Crippen molar-refractivity contribution in [3.05, 3.63) is 29.8 Å². The standard InChI is InChI=1S/C16H27NS/c1-3-4-5-6-7-8-13-18-16-11-9-15(10-12-16)14-17-2/h9-12,17H,3-8,13-14H2,1-2H3. The maximum absolute atomic E-state index is 3.17. The molecule has 102 valence electrons. The molecule has 0 heterocycles. The van der Waals surface area contributed by atoms with Gasteiger partial charge in [0.15, 0.2) is 0 Å². The minimum Gasteiger partial charge on any atom is -0.316 e. The van der Waals surface area contributed by atoms with Crippen molar-refractivity contribution in [3.63, 3.8) is 0 Å². The fourth-order valence-corrected chi connectivity index (χ4v) is 2.89. The normalized spacial score (nSPS) is 10.8. The van der Waals surface area contributed by atoms with E-state index in [0.29, 0.717) is 0 Å². The molecule has 0 aliphatic rings. The zero-order valence-electron chi connectivity index (χ0n) is 11.9. The molecule has 0 unspecified atom stereocenters. The van der Waals surface area contributed by atoms with E-state index in [4.69, 9.17) is 0 Å². The molecule has 0 saturated heterocycles. The molecule has 0 atom stereocenters. The van der Waals surface area contributed by atoms with E-state index < -0.39 is 0 Å². The number of hydrogen-bond acceptors (Lipinski definition) is 2. The van der Waals surface area contributed by atoms with Gasteiger partial charge in [0.05, 0.1) is 0 Å². The van der Waals surface area contributed by atoms with Gasteiger partial charge in [0.25, 0.3) is 0 Å². The van der Waals surface area contributed by atoms with E-state index in [9.17, 15) is 0 Å². The van der Waals surface area contributed by atoms with Crippen LogP contribution in [-0.4, -0.2) is 12.8 Å². The Hall–Kier alpha value is -0.470. The van der Waals surface area contributed by atoms with Crippen molar-refractivity contribution in [3.8, 4) is 0 Å². The molecule has 0 aliphatic carbocycles. The van der Waals surface area contributed by atoms with Crippen LogP contribution in [0.15, 0.2) is 29.2 Å². The third-order valence-corrected chi connectivity index (χ3v) is 4.17. The topological polar surface area (TPSA) is 12.0 Å². The van der Waals surface area contributed by atoms with Crippen molar-refractivity contribution in [1.82, 2.24) is 5.32 Å². The summed E-state index contributed by atoms with van der Waals surface area (Å²) in [4.78, 5) is 1.41. The molecule has 1 N–H and O–H groups in total. The van der Waals surface area contributed by atoms with Gasteiger partial charge in [-0.1, -0.05) is 51.2 Å². The predicted molar refractivity (Wildman–Crippen MR) is 83.3 cm³/mol. The van der Waals surface area contributed by atoms with Crippen LogP contribution >= 0.6 is 11.8 Å². The highest BCUT2D eigenvalue weighted by Crippen LogP contribution is 2.20. The Labute approximate surface area is 117 Å². The van der Waals surface area contributed by atoms with Gasteiger partial charge in [-0.2, -0.15) is 0 Å². The molecular weight excluding hydrogens is 238 g/mol. The minimum absolute atomic E-state index is 0.961. The van der Waals surface area contributed by atoms with Crippen LogP contribution in [-0.2, 0) is 6.54 Å². The van der Waals surface area contributed by atoms with E-state index in [-0.39, 0.29) is 0 Å². The van der Waals surface area contributed by atoms with Gasteiger partial charge in [-0.05, 0) is 36.9 Å². The third-order valence-electron chi connectivity index (χ3n) is 3.07. The molecule has 0 aliphatic heterocycles. The maximum Gasteiger partial charge on any atom is 0.0202 e.